The Kier molecular flexibility index (Phi) is 7.50. The second-order valence-electron chi connectivity index (χ2n) is 7.73. The average molecular weight is 519 g/mol. The van der Waals surface area contributed by atoms with E-state index >= 15 is 0 Å². The van der Waals surface area contributed by atoms with Crippen LogP contribution in [0.5, 0.6) is 5.75 Å². The summed E-state index contributed by atoms with van der Waals surface area (Å²) in [5.74, 6) is 1.28. The SMILES string of the molecule is COc1cccc(S(=O)(=O)NCCc2cnc3nc2NCCCNS(=O)(=O)c2cccc(c2)N3)c1. The molecule has 2 aromatic carbocycles. The number of fused-ring (bicyclic) bond motifs is 4. The summed E-state index contributed by atoms with van der Waals surface area (Å²) in [4.78, 5) is 9.11. The van der Waals surface area contributed by atoms with Crippen molar-refractivity contribution in [1.29, 1.82) is 0 Å². The average Bonchev–Trinajstić information content (AvgIpc) is 2.85. The maximum atomic E-state index is 12.7. The molecule has 35 heavy (non-hydrogen) atoms. The Balaban J connectivity index is 1.51. The topological polar surface area (TPSA) is 151 Å². The summed E-state index contributed by atoms with van der Waals surface area (Å²) in [5.41, 5.74) is 1.24. The van der Waals surface area contributed by atoms with Crippen LogP contribution in [0.2, 0.25) is 0 Å². The quantitative estimate of drug-likeness (QED) is 0.383. The molecule has 0 fully saturated rings. The van der Waals surface area contributed by atoms with Gasteiger partial charge in [0.2, 0.25) is 26.0 Å². The van der Waals surface area contributed by atoms with Crippen LogP contribution in [0.25, 0.3) is 0 Å². The zero-order valence-corrected chi connectivity index (χ0v) is 20.6. The Hall–Kier alpha value is -3.26. The number of rotatable bonds is 6. The molecule has 4 N–H and O–H groups in total. The van der Waals surface area contributed by atoms with E-state index in [1.54, 1.807) is 30.5 Å². The number of hydrogen-bond acceptors (Lipinski definition) is 9. The highest BCUT2D eigenvalue weighted by molar-refractivity contribution is 7.89. The summed E-state index contributed by atoms with van der Waals surface area (Å²) < 4.78 is 60.6. The number of aromatic nitrogens is 2. The van der Waals surface area contributed by atoms with Gasteiger partial charge in [-0.15, -0.1) is 0 Å². The second-order valence-corrected chi connectivity index (χ2v) is 11.3. The molecule has 0 spiro atoms. The Morgan fingerprint density at radius 3 is 2.77 bits per heavy atom. The van der Waals surface area contributed by atoms with Crippen molar-refractivity contribution in [3.63, 3.8) is 0 Å². The second kappa shape index (κ2) is 10.6. The zero-order chi connectivity index (χ0) is 24.9. The Bertz CT molecular complexity index is 1410. The number of ether oxygens (including phenoxy) is 1. The highest BCUT2D eigenvalue weighted by Crippen LogP contribution is 2.22. The first-order chi connectivity index (χ1) is 16.8. The number of benzene rings is 2. The maximum Gasteiger partial charge on any atom is 0.240 e. The smallest absolute Gasteiger partial charge is 0.240 e. The summed E-state index contributed by atoms with van der Waals surface area (Å²) in [5, 5.41) is 6.22. The minimum absolute atomic E-state index is 0.112. The van der Waals surface area contributed by atoms with E-state index in [4.69, 9.17) is 4.74 Å². The number of anilines is 3. The summed E-state index contributed by atoms with van der Waals surface area (Å²) >= 11 is 0. The van der Waals surface area contributed by atoms with E-state index in [1.807, 2.05) is 0 Å². The molecule has 1 aliphatic heterocycles. The third-order valence-electron chi connectivity index (χ3n) is 5.24. The van der Waals surface area contributed by atoms with E-state index in [0.29, 0.717) is 42.2 Å². The van der Waals surface area contributed by atoms with Gasteiger partial charge < -0.3 is 15.4 Å². The van der Waals surface area contributed by atoms with Gasteiger partial charge in [0.25, 0.3) is 0 Å². The Labute approximate surface area is 204 Å². The molecule has 2 heterocycles. The molecule has 0 aliphatic carbocycles. The van der Waals surface area contributed by atoms with Crippen LogP contribution >= 0.6 is 0 Å². The molecule has 1 aliphatic rings. The highest BCUT2D eigenvalue weighted by Gasteiger charge is 2.17. The van der Waals surface area contributed by atoms with Crippen LogP contribution < -0.4 is 24.8 Å². The van der Waals surface area contributed by atoms with Gasteiger partial charge in [-0.05, 0) is 43.2 Å². The normalized spacial score (nSPS) is 15.5. The van der Waals surface area contributed by atoms with Crippen molar-refractivity contribution in [2.24, 2.45) is 0 Å². The maximum absolute atomic E-state index is 12.7. The van der Waals surface area contributed by atoms with Gasteiger partial charge in [-0.25, -0.2) is 31.3 Å². The van der Waals surface area contributed by atoms with E-state index in [1.165, 1.54) is 31.4 Å². The standard InChI is InChI=1S/C22H26N6O5S2/c1-33-18-6-3-8-20(14-18)35(31,32)26-12-9-16-15-24-22-27-17-5-2-7-19(13-17)34(29,30)25-11-4-10-23-21(16)28-22/h2-3,5-8,13-15,25-26H,4,9-12H2,1H3,(H2,23,24,27,28). The van der Waals surface area contributed by atoms with Crippen LogP contribution in [0.1, 0.15) is 12.0 Å². The van der Waals surface area contributed by atoms with Gasteiger partial charge in [0.05, 0.1) is 16.9 Å². The molecular formula is C22H26N6O5S2. The van der Waals surface area contributed by atoms with Gasteiger partial charge in [0.1, 0.15) is 11.6 Å². The fraction of sp³-hybridized carbons (Fsp3) is 0.273. The van der Waals surface area contributed by atoms with Gasteiger partial charge in [0, 0.05) is 43.1 Å². The largest absolute Gasteiger partial charge is 0.497 e. The fourth-order valence-corrected chi connectivity index (χ4v) is 5.62. The molecule has 0 unspecified atom stereocenters. The number of hydrogen-bond donors (Lipinski definition) is 4. The molecule has 3 aromatic rings. The number of methoxy groups -OCH3 is 1. The van der Waals surface area contributed by atoms with Gasteiger partial charge >= 0.3 is 0 Å². The Morgan fingerprint density at radius 2 is 1.94 bits per heavy atom. The zero-order valence-electron chi connectivity index (χ0n) is 19.0. The van der Waals surface area contributed by atoms with Gasteiger partial charge in [-0.1, -0.05) is 12.1 Å². The van der Waals surface area contributed by atoms with Crippen LogP contribution in [0.3, 0.4) is 0 Å². The molecule has 1 aromatic heterocycles. The van der Waals surface area contributed by atoms with Crippen molar-refractivity contribution in [2.45, 2.75) is 22.6 Å². The molecule has 0 amide bonds. The molecule has 4 rings (SSSR count). The summed E-state index contributed by atoms with van der Waals surface area (Å²) in [6.07, 6.45) is 2.48. The van der Waals surface area contributed by atoms with Crippen LogP contribution in [-0.2, 0) is 26.5 Å². The van der Waals surface area contributed by atoms with Crippen molar-refractivity contribution < 1.29 is 21.6 Å². The molecule has 4 bridgehead atoms. The first-order valence-electron chi connectivity index (χ1n) is 10.9. The molecule has 0 saturated carbocycles. The predicted molar refractivity (Wildman–Crippen MR) is 132 cm³/mol. The monoisotopic (exact) mass is 518 g/mol. The lowest BCUT2D eigenvalue weighted by Gasteiger charge is -2.13. The minimum atomic E-state index is -3.72. The van der Waals surface area contributed by atoms with Crippen LogP contribution in [0.15, 0.2) is 64.5 Å². The van der Waals surface area contributed by atoms with Gasteiger partial charge in [0.15, 0.2) is 0 Å². The molecule has 11 nitrogen and oxygen atoms in total. The lowest BCUT2D eigenvalue weighted by molar-refractivity contribution is 0.413. The van der Waals surface area contributed by atoms with E-state index in [2.05, 4.69) is 30.0 Å². The molecule has 13 heteroatoms. The first kappa shape index (κ1) is 24.9. The summed E-state index contributed by atoms with van der Waals surface area (Å²) in [7, 11) is -5.88. The van der Waals surface area contributed by atoms with Crippen molar-refractivity contribution in [1.82, 2.24) is 19.4 Å². The van der Waals surface area contributed by atoms with Gasteiger partial charge in [-0.3, -0.25) is 0 Å². The third-order valence-corrected chi connectivity index (χ3v) is 8.16. The number of sulfonamides is 2. The number of nitrogens with one attached hydrogen (secondary N) is 4. The summed E-state index contributed by atoms with van der Waals surface area (Å²) in [6, 6.07) is 12.6. The molecule has 0 radical (unpaired) electrons. The molecular weight excluding hydrogens is 492 g/mol. The molecule has 0 saturated heterocycles. The lowest BCUT2D eigenvalue weighted by Crippen LogP contribution is -2.27. The fourth-order valence-electron chi connectivity index (χ4n) is 3.43. The van der Waals surface area contributed by atoms with Gasteiger partial charge in [-0.2, -0.15) is 4.98 Å². The van der Waals surface area contributed by atoms with Crippen LogP contribution in [-0.4, -0.2) is 53.5 Å². The number of nitrogens with zero attached hydrogens (tertiary/aromatic N) is 2. The lowest BCUT2D eigenvalue weighted by atomic mass is 10.2. The van der Waals surface area contributed by atoms with Crippen LogP contribution in [0.4, 0.5) is 17.5 Å². The van der Waals surface area contributed by atoms with Crippen molar-refractivity contribution in [3.8, 4) is 5.75 Å². The highest BCUT2D eigenvalue weighted by atomic mass is 32.2. The molecule has 0 atom stereocenters. The van der Waals surface area contributed by atoms with Crippen LogP contribution in [0, 0.1) is 0 Å². The van der Waals surface area contributed by atoms with Crippen molar-refractivity contribution >= 4 is 37.5 Å². The van der Waals surface area contributed by atoms with Crippen molar-refractivity contribution in [2.75, 3.05) is 37.4 Å². The van der Waals surface area contributed by atoms with E-state index in [9.17, 15) is 16.8 Å². The predicted octanol–water partition coefficient (Wildman–Crippen LogP) is 1.84. The molecule has 186 valence electrons. The summed E-state index contributed by atoms with van der Waals surface area (Å²) in [6.45, 7) is 0.839. The van der Waals surface area contributed by atoms with E-state index in [0.717, 1.165) is 0 Å². The van der Waals surface area contributed by atoms with Crippen molar-refractivity contribution in [3.05, 3.63) is 60.3 Å². The van der Waals surface area contributed by atoms with E-state index in [-0.39, 0.29) is 28.8 Å². The first-order valence-corrected chi connectivity index (χ1v) is 13.8. The minimum Gasteiger partial charge on any atom is -0.497 e. The Morgan fingerprint density at radius 1 is 1.11 bits per heavy atom. The third kappa shape index (κ3) is 6.25. The van der Waals surface area contributed by atoms with E-state index < -0.39 is 20.0 Å².